The van der Waals surface area contributed by atoms with E-state index >= 15 is 4.39 Å². The second kappa shape index (κ2) is 9.09. The number of rotatable bonds is 5. The van der Waals surface area contributed by atoms with Crippen molar-refractivity contribution in [2.45, 2.75) is 76.8 Å². The molecule has 0 radical (unpaired) electrons. The minimum absolute atomic E-state index is 0.158. The van der Waals surface area contributed by atoms with Crippen LogP contribution in [0, 0.1) is 17.2 Å². The Morgan fingerprint density at radius 1 is 0.941 bits per heavy atom. The SMILES string of the molecule is C[C@H]1CCCN1C1CCN(c2ccc(N3CCC4(CCN(CC5CC5)CC4)C3=O)c(F)c2)CC1. The zero-order valence-electron chi connectivity index (χ0n) is 20.9. The van der Waals surface area contributed by atoms with Gasteiger partial charge >= 0.3 is 0 Å². The molecular weight excluding hydrogens is 427 g/mol. The first-order valence-electron chi connectivity index (χ1n) is 13.9. The van der Waals surface area contributed by atoms with Gasteiger partial charge in [-0.3, -0.25) is 9.69 Å². The van der Waals surface area contributed by atoms with Crippen molar-refractivity contribution in [3.63, 3.8) is 0 Å². The van der Waals surface area contributed by atoms with Gasteiger partial charge in [-0.2, -0.15) is 0 Å². The van der Waals surface area contributed by atoms with Crippen molar-refractivity contribution in [2.24, 2.45) is 11.3 Å². The van der Waals surface area contributed by atoms with Gasteiger partial charge in [0.1, 0.15) is 5.82 Å². The van der Waals surface area contributed by atoms with Crippen LogP contribution >= 0.6 is 0 Å². The molecule has 5 fully saturated rings. The first kappa shape index (κ1) is 22.8. The van der Waals surface area contributed by atoms with Crippen LogP contribution in [0.15, 0.2) is 18.2 Å². The van der Waals surface area contributed by atoms with Gasteiger partial charge in [0, 0.05) is 44.0 Å². The lowest BCUT2D eigenvalue weighted by atomic mass is 9.77. The summed E-state index contributed by atoms with van der Waals surface area (Å²) in [6.07, 6.45) is 10.4. The Labute approximate surface area is 204 Å². The molecule has 34 heavy (non-hydrogen) atoms. The average Bonchev–Trinajstić information content (AvgIpc) is 3.49. The Morgan fingerprint density at radius 2 is 1.68 bits per heavy atom. The third-order valence-electron chi connectivity index (χ3n) is 9.66. The summed E-state index contributed by atoms with van der Waals surface area (Å²) in [6.45, 7) is 9.45. The lowest BCUT2D eigenvalue weighted by Gasteiger charge is -2.39. The largest absolute Gasteiger partial charge is 0.371 e. The fourth-order valence-corrected chi connectivity index (χ4v) is 7.21. The molecule has 4 heterocycles. The van der Waals surface area contributed by atoms with Crippen LogP contribution in [0.1, 0.15) is 64.7 Å². The van der Waals surface area contributed by atoms with E-state index in [9.17, 15) is 4.79 Å². The van der Waals surface area contributed by atoms with E-state index < -0.39 is 0 Å². The van der Waals surface area contributed by atoms with Crippen molar-refractivity contribution >= 4 is 17.3 Å². The number of hydrogen-bond donors (Lipinski definition) is 0. The smallest absolute Gasteiger partial charge is 0.233 e. The number of anilines is 2. The average molecular weight is 469 g/mol. The Morgan fingerprint density at radius 3 is 2.32 bits per heavy atom. The standard InChI is InChI=1S/C28H41FN4O/c1-21-3-2-13-32(21)23-8-14-31(15-9-23)24-6-7-26(25(29)19-24)33-18-12-28(27(33)34)10-16-30(17-11-28)20-22-4-5-22/h6-7,19,21-23H,2-5,8-18,20H2,1H3/t21-/m0/s1. The number of hydrogen-bond acceptors (Lipinski definition) is 4. The molecule has 1 spiro atoms. The molecule has 6 rings (SSSR count). The van der Waals surface area contributed by atoms with Crippen LogP contribution in [0.4, 0.5) is 15.8 Å². The number of likely N-dealkylation sites (tertiary alicyclic amines) is 2. The molecule has 4 aliphatic heterocycles. The molecule has 1 aliphatic carbocycles. The van der Waals surface area contributed by atoms with Crippen molar-refractivity contribution < 1.29 is 9.18 Å². The molecule has 1 amide bonds. The quantitative estimate of drug-likeness (QED) is 0.636. The normalized spacial score (nSPS) is 29.0. The molecule has 5 aliphatic rings. The van der Waals surface area contributed by atoms with E-state index in [0.29, 0.717) is 24.3 Å². The first-order valence-corrected chi connectivity index (χ1v) is 13.9. The molecular formula is C28H41FN4O. The second-order valence-electron chi connectivity index (χ2n) is 11.8. The van der Waals surface area contributed by atoms with E-state index in [-0.39, 0.29) is 17.1 Å². The summed E-state index contributed by atoms with van der Waals surface area (Å²) in [4.78, 5) is 22.8. The first-order chi connectivity index (χ1) is 16.5. The molecule has 186 valence electrons. The summed E-state index contributed by atoms with van der Waals surface area (Å²) in [5, 5.41) is 0. The zero-order valence-corrected chi connectivity index (χ0v) is 20.9. The molecule has 1 aromatic rings. The predicted octanol–water partition coefficient (Wildman–Crippen LogP) is 4.51. The van der Waals surface area contributed by atoms with Crippen molar-refractivity contribution in [3.8, 4) is 0 Å². The molecule has 0 bridgehead atoms. The number of amides is 1. The topological polar surface area (TPSA) is 30.0 Å². The fourth-order valence-electron chi connectivity index (χ4n) is 7.21. The summed E-state index contributed by atoms with van der Waals surface area (Å²) >= 11 is 0. The van der Waals surface area contributed by atoms with Crippen molar-refractivity contribution in [2.75, 3.05) is 55.6 Å². The Kier molecular flexibility index (Phi) is 6.09. The molecule has 1 atom stereocenters. The third kappa shape index (κ3) is 4.26. The van der Waals surface area contributed by atoms with E-state index in [1.165, 1.54) is 38.8 Å². The minimum Gasteiger partial charge on any atom is -0.371 e. The molecule has 4 saturated heterocycles. The van der Waals surface area contributed by atoms with E-state index in [4.69, 9.17) is 0 Å². The Hall–Kier alpha value is -1.66. The van der Waals surface area contributed by atoms with E-state index in [0.717, 1.165) is 69.9 Å². The molecule has 1 aromatic carbocycles. The molecule has 0 N–H and O–H groups in total. The van der Waals surface area contributed by atoms with Crippen LogP contribution in [-0.2, 0) is 4.79 Å². The number of carbonyl (C=O) groups excluding carboxylic acids is 1. The zero-order chi connectivity index (χ0) is 23.3. The van der Waals surface area contributed by atoms with Crippen LogP contribution in [0.2, 0.25) is 0 Å². The van der Waals surface area contributed by atoms with Gasteiger partial charge in [0.25, 0.3) is 0 Å². The number of nitrogens with zero attached hydrogens (tertiary/aromatic N) is 4. The maximum Gasteiger partial charge on any atom is 0.233 e. The van der Waals surface area contributed by atoms with Gasteiger partial charge in [0.2, 0.25) is 5.91 Å². The molecule has 1 saturated carbocycles. The van der Waals surface area contributed by atoms with E-state index in [1.54, 1.807) is 11.0 Å². The van der Waals surface area contributed by atoms with Crippen LogP contribution in [-0.4, -0.2) is 73.6 Å². The molecule has 0 aromatic heterocycles. The van der Waals surface area contributed by atoms with Crippen LogP contribution < -0.4 is 9.80 Å². The van der Waals surface area contributed by atoms with Gasteiger partial charge in [-0.1, -0.05) is 0 Å². The summed E-state index contributed by atoms with van der Waals surface area (Å²) in [5.41, 5.74) is 1.18. The lowest BCUT2D eigenvalue weighted by Crippen LogP contribution is -2.46. The van der Waals surface area contributed by atoms with Gasteiger partial charge in [-0.15, -0.1) is 0 Å². The minimum atomic E-state index is -0.264. The summed E-state index contributed by atoms with van der Waals surface area (Å²) in [6, 6.07) is 6.95. The second-order valence-corrected chi connectivity index (χ2v) is 11.8. The van der Waals surface area contributed by atoms with Gasteiger partial charge < -0.3 is 14.7 Å². The van der Waals surface area contributed by atoms with E-state index in [2.05, 4.69) is 21.6 Å². The van der Waals surface area contributed by atoms with Gasteiger partial charge in [0.15, 0.2) is 0 Å². The maximum absolute atomic E-state index is 15.3. The summed E-state index contributed by atoms with van der Waals surface area (Å²) < 4.78 is 15.3. The highest BCUT2D eigenvalue weighted by atomic mass is 19.1. The number of carbonyl (C=O) groups is 1. The highest BCUT2D eigenvalue weighted by Crippen LogP contribution is 2.44. The Balaban J connectivity index is 1.08. The van der Waals surface area contributed by atoms with Gasteiger partial charge in [-0.05, 0) is 108 Å². The van der Waals surface area contributed by atoms with Crippen molar-refractivity contribution in [1.29, 1.82) is 0 Å². The van der Waals surface area contributed by atoms with E-state index in [1.807, 2.05) is 12.1 Å². The number of piperidine rings is 2. The van der Waals surface area contributed by atoms with Crippen LogP contribution in [0.3, 0.4) is 0 Å². The van der Waals surface area contributed by atoms with Gasteiger partial charge in [0.05, 0.1) is 11.1 Å². The molecule has 5 nitrogen and oxygen atoms in total. The molecule has 6 heteroatoms. The highest BCUT2D eigenvalue weighted by molar-refractivity contribution is 6.00. The number of benzene rings is 1. The Bertz CT molecular complexity index is 902. The summed E-state index contributed by atoms with van der Waals surface area (Å²) in [7, 11) is 0. The lowest BCUT2D eigenvalue weighted by molar-refractivity contribution is -0.128. The predicted molar refractivity (Wildman–Crippen MR) is 135 cm³/mol. The monoisotopic (exact) mass is 468 g/mol. The summed E-state index contributed by atoms with van der Waals surface area (Å²) in [5.74, 6) is 0.808. The maximum atomic E-state index is 15.3. The van der Waals surface area contributed by atoms with Crippen LogP contribution in [0.5, 0.6) is 0 Å². The third-order valence-corrected chi connectivity index (χ3v) is 9.66. The number of halogens is 1. The highest BCUT2D eigenvalue weighted by Gasteiger charge is 2.49. The van der Waals surface area contributed by atoms with Crippen LogP contribution in [0.25, 0.3) is 0 Å². The van der Waals surface area contributed by atoms with Crippen molar-refractivity contribution in [1.82, 2.24) is 9.80 Å². The van der Waals surface area contributed by atoms with Crippen molar-refractivity contribution in [3.05, 3.63) is 24.0 Å². The molecule has 0 unspecified atom stereocenters. The van der Waals surface area contributed by atoms with Gasteiger partial charge in [-0.25, -0.2) is 4.39 Å². The fraction of sp³-hybridized carbons (Fsp3) is 0.750.